The van der Waals surface area contributed by atoms with Gasteiger partial charge in [-0.15, -0.1) is 0 Å². The molecular formula is C13H11IN4. The molecule has 0 bridgehead atoms. The maximum atomic E-state index is 5.98. The number of aromatic nitrogens is 2. The molecule has 3 rings (SSSR count). The molecule has 0 amide bonds. The molecule has 90 valence electrons. The number of nitrogens with zero attached hydrogens (tertiary/aromatic N) is 2. The first kappa shape index (κ1) is 11.5. The van der Waals surface area contributed by atoms with E-state index in [4.69, 9.17) is 11.5 Å². The number of fused-ring (bicyclic) bond motifs is 3. The van der Waals surface area contributed by atoms with E-state index in [9.17, 15) is 0 Å². The van der Waals surface area contributed by atoms with Crippen molar-refractivity contribution >= 4 is 55.9 Å². The van der Waals surface area contributed by atoms with Gasteiger partial charge in [0.2, 0.25) is 0 Å². The summed E-state index contributed by atoms with van der Waals surface area (Å²) < 4.78 is 0.854. The molecule has 0 radical (unpaired) electrons. The van der Waals surface area contributed by atoms with Gasteiger partial charge in [-0.05, 0) is 18.2 Å². The Hall–Kier alpha value is -1.63. The zero-order valence-electron chi connectivity index (χ0n) is 9.52. The highest BCUT2D eigenvalue weighted by atomic mass is 127. The van der Waals surface area contributed by atoms with E-state index in [0.29, 0.717) is 11.5 Å². The van der Waals surface area contributed by atoms with Gasteiger partial charge in [-0.2, -0.15) is 0 Å². The van der Waals surface area contributed by atoms with Gasteiger partial charge >= 0.3 is 0 Å². The Morgan fingerprint density at radius 3 is 2.56 bits per heavy atom. The molecule has 2 heterocycles. The van der Waals surface area contributed by atoms with Crippen molar-refractivity contribution in [1.29, 1.82) is 0 Å². The van der Waals surface area contributed by atoms with E-state index in [1.54, 1.807) is 0 Å². The van der Waals surface area contributed by atoms with Crippen molar-refractivity contribution in [2.24, 2.45) is 0 Å². The lowest BCUT2D eigenvalue weighted by molar-refractivity contribution is 1.24. The lowest BCUT2D eigenvalue weighted by atomic mass is 10.1. The van der Waals surface area contributed by atoms with Gasteiger partial charge in [0.05, 0.1) is 11.2 Å². The fourth-order valence-electron chi connectivity index (χ4n) is 2.04. The first-order valence-electron chi connectivity index (χ1n) is 5.49. The third kappa shape index (κ3) is 1.74. The molecule has 3 aromatic rings. The third-order valence-corrected chi connectivity index (χ3v) is 3.67. The van der Waals surface area contributed by atoms with E-state index in [0.717, 1.165) is 31.9 Å². The van der Waals surface area contributed by atoms with Crippen molar-refractivity contribution < 1.29 is 0 Å². The Kier molecular flexibility index (Phi) is 2.70. The molecule has 0 unspecified atom stereocenters. The zero-order chi connectivity index (χ0) is 12.7. The Balaban J connectivity index is 2.46. The first-order chi connectivity index (χ1) is 8.69. The minimum absolute atomic E-state index is 0.454. The Morgan fingerprint density at radius 1 is 1.00 bits per heavy atom. The molecule has 18 heavy (non-hydrogen) atoms. The third-order valence-electron chi connectivity index (χ3n) is 2.89. The molecule has 0 aliphatic carbocycles. The molecule has 4 nitrogen and oxygen atoms in total. The van der Waals surface area contributed by atoms with Crippen LogP contribution in [0.3, 0.4) is 0 Å². The molecule has 0 aliphatic heterocycles. The van der Waals surface area contributed by atoms with Crippen LogP contribution in [-0.4, -0.2) is 9.97 Å². The van der Waals surface area contributed by atoms with Crippen LogP contribution in [-0.2, 0) is 4.43 Å². The lowest BCUT2D eigenvalue weighted by Gasteiger charge is -2.07. The molecule has 0 fully saturated rings. The highest BCUT2D eigenvalue weighted by Gasteiger charge is 2.08. The summed E-state index contributed by atoms with van der Waals surface area (Å²) in [6, 6.07) is 9.73. The molecule has 1 aromatic carbocycles. The predicted octanol–water partition coefficient (Wildman–Crippen LogP) is 2.88. The van der Waals surface area contributed by atoms with Crippen molar-refractivity contribution in [2.45, 2.75) is 4.43 Å². The summed E-state index contributed by atoms with van der Waals surface area (Å²) in [6.07, 6.45) is 0. The van der Waals surface area contributed by atoms with Gasteiger partial charge < -0.3 is 11.5 Å². The number of nitrogen functional groups attached to an aromatic ring is 2. The van der Waals surface area contributed by atoms with Crippen molar-refractivity contribution in [3.8, 4) is 0 Å². The predicted molar refractivity (Wildman–Crippen MR) is 83.6 cm³/mol. The number of hydrogen-bond acceptors (Lipinski definition) is 4. The van der Waals surface area contributed by atoms with E-state index in [1.807, 2.05) is 30.3 Å². The quantitative estimate of drug-likeness (QED) is 0.306. The number of pyridine rings is 2. The fraction of sp³-hybridized carbons (Fsp3) is 0.0769. The van der Waals surface area contributed by atoms with Crippen LogP contribution < -0.4 is 11.5 Å². The highest BCUT2D eigenvalue weighted by Crippen LogP contribution is 2.28. The number of nitrogens with two attached hydrogens (primary N) is 2. The molecular weight excluding hydrogens is 339 g/mol. The molecule has 0 atom stereocenters. The molecule has 4 N–H and O–H groups in total. The molecule has 5 heteroatoms. The fourth-order valence-corrected chi connectivity index (χ4v) is 2.46. The van der Waals surface area contributed by atoms with Gasteiger partial charge in [0.25, 0.3) is 0 Å². The normalized spacial score (nSPS) is 11.2. The van der Waals surface area contributed by atoms with Crippen molar-refractivity contribution in [3.05, 3.63) is 36.0 Å². The number of hydrogen-bond donors (Lipinski definition) is 2. The second kappa shape index (κ2) is 4.24. The summed E-state index contributed by atoms with van der Waals surface area (Å²) in [5.74, 6) is 0.454. The summed E-state index contributed by atoms with van der Waals surface area (Å²) in [5, 5.41) is 2.05. The monoisotopic (exact) mass is 350 g/mol. The number of halogens is 1. The van der Waals surface area contributed by atoms with Crippen molar-refractivity contribution in [1.82, 2.24) is 9.97 Å². The van der Waals surface area contributed by atoms with Crippen LogP contribution in [0.25, 0.3) is 21.8 Å². The van der Waals surface area contributed by atoms with Gasteiger partial charge in [-0.1, -0.05) is 34.7 Å². The molecule has 0 aliphatic rings. The van der Waals surface area contributed by atoms with Gasteiger partial charge in [-0.3, -0.25) is 0 Å². The SMILES string of the molecule is Nc1ccc2c(c1)nc(N)c1nc(CI)ccc12. The standard InChI is InChI=1S/C13H11IN4/c14-6-8-2-4-10-9-3-1-7(15)5-11(9)18-13(16)12(10)17-8/h1-5H,6,15H2,(H2,16,18). The smallest absolute Gasteiger partial charge is 0.150 e. The average molecular weight is 350 g/mol. The Morgan fingerprint density at radius 2 is 1.78 bits per heavy atom. The molecule has 2 aromatic heterocycles. The van der Waals surface area contributed by atoms with Crippen LogP contribution in [0.1, 0.15) is 5.69 Å². The Bertz CT molecular complexity index is 755. The lowest BCUT2D eigenvalue weighted by Crippen LogP contribution is -1.97. The van der Waals surface area contributed by atoms with Crippen LogP contribution in [0.5, 0.6) is 0 Å². The van der Waals surface area contributed by atoms with E-state index in [2.05, 4.69) is 32.6 Å². The van der Waals surface area contributed by atoms with Crippen LogP contribution >= 0.6 is 22.6 Å². The van der Waals surface area contributed by atoms with Gasteiger partial charge in [0.15, 0.2) is 5.82 Å². The maximum absolute atomic E-state index is 5.98. The maximum Gasteiger partial charge on any atom is 0.150 e. The summed E-state index contributed by atoms with van der Waals surface area (Å²) in [7, 11) is 0. The van der Waals surface area contributed by atoms with E-state index in [1.165, 1.54) is 0 Å². The first-order valence-corrected chi connectivity index (χ1v) is 7.02. The van der Waals surface area contributed by atoms with Crippen LogP contribution in [0.4, 0.5) is 11.5 Å². The summed E-state index contributed by atoms with van der Waals surface area (Å²) in [6.45, 7) is 0. The van der Waals surface area contributed by atoms with Gasteiger partial charge in [0.1, 0.15) is 5.52 Å². The topological polar surface area (TPSA) is 77.8 Å². The minimum Gasteiger partial charge on any atom is -0.399 e. The van der Waals surface area contributed by atoms with Crippen molar-refractivity contribution in [2.75, 3.05) is 11.5 Å². The largest absolute Gasteiger partial charge is 0.399 e. The number of anilines is 2. The molecule has 0 saturated heterocycles. The van der Waals surface area contributed by atoms with Gasteiger partial charge in [0, 0.05) is 20.9 Å². The Labute approximate surface area is 118 Å². The molecule has 0 saturated carbocycles. The van der Waals surface area contributed by atoms with E-state index < -0.39 is 0 Å². The zero-order valence-corrected chi connectivity index (χ0v) is 11.7. The number of alkyl halides is 1. The summed E-state index contributed by atoms with van der Waals surface area (Å²) in [4.78, 5) is 8.91. The number of benzene rings is 1. The minimum atomic E-state index is 0.454. The second-order valence-corrected chi connectivity index (χ2v) is 4.87. The highest BCUT2D eigenvalue weighted by molar-refractivity contribution is 14.1. The van der Waals surface area contributed by atoms with Crippen molar-refractivity contribution in [3.63, 3.8) is 0 Å². The van der Waals surface area contributed by atoms with Gasteiger partial charge in [-0.25, -0.2) is 9.97 Å². The molecule has 0 spiro atoms. The average Bonchev–Trinajstić information content (AvgIpc) is 2.38. The summed E-state index contributed by atoms with van der Waals surface area (Å²) >= 11 is 2.28. The van der Waals surface area contributed by atoms with E-state index >= 15 is 0 Å². The van der Waals surface area contributed by atoms with Crippen LogP contribution in [0, 0.1) is 0 Å². The number of rotatable bonds is 1. The van der Waals surface area contributed by atoms with E-state index in [-0.39, 0.29) is 0 Å². The summed E-state index contributed by atoms with van der Waals surface area (Å²) in [5.41, 5.74) is 15.0. The second-order valence-electron chi connectivity index (χ2n) is 4.11. The van der Waals surface area contributed by atoms with Crippen LogP contribution in [0.2, 0.25) is 0 Å². The van der Waals surface area contributed by atoms with Crippen LogP contribution in [0.15, 0.2) is 30.3 Å².